The SMILES string of the molecule is C=C(CN)C(CC)CC(C)c1ccccc1N. The Hall–Kier alpha value is -1.28. The summed E-state index contributed by atoms with van der Waals surface area (Å²) in [5.41, 5.74) is 14.9. The Morgan fingerprint density at radius 1 is 1.35 bits per heavy atom. The largest absolute Gasteiger partial charge is 0.398 e. The molecule has 0 bridgehead atoms. The molecule has 0 aliphatic heterocycles. The second-order valence-corrected chi connectivity index (χ2v) is 4.73. The van der Waals surface area contributed by atoms with Crippen molar-refractivity contribution in [1.82, 2.24) is 0 Å². The third-order valence-electron chi connectivity index (χ3n) is 3.50. The molecule has 0 radical (unpaired) electrons. The van der Waals surface area contributed by atoms with E-state index in [0.717, 1.165) is 24.1 Å². The molecule has 0 spiro atoms. The number of nitrogen functional groups attached to an aromatic ring is 1. The van der Waals surface area contributed by atoms with Gasteiger partial charge in [-0.2, -0.15) is 0 Å². The maximum Gasteiger partial charge on any atom is 0.0349 e. The molecule has 94 valence electrons. The fraction of sp³-hybridized carbons (Fsp3) is 0.467. The highest BCUT2D eigenvalue weighted by Gasteiger charge is 2.16. The zero-order valence-corrected chi connectivity index (χ0v) is 10.9. The number of rotatable bonds is 6. The fourth-order valence-corrected chi connectivity index (χ4v) is 2.30. The molecule has 0 heterocycles. The lowest BCUT2D eigenvalue weighted by Crippen LogP contribution is -2.14. The summed E-state index contributed by atoms with van der Waals surface area (Å²) in [5, 5.41) is 0. The smallest absolute Gasteiger partial charge is 0.0349 e. The summed E-state index contributed by atoms with van der Waals surface area (Å²) in [6.45, 7) is 9.04. The molecule has 0 aromatic heterocycles. The van der Waals surface area contributed by atoms with Crippen LogP contribution in [0.1, 0.15) is 38.2 Å². The summed E-state index contributed by atoms with van der Waals surface area (Å²) < 4.78 is 0. The van der Waals surface area contributed by atoms with E-state index >= 15 is 0 Å². The second kappa shape index (κ2) is 6.45. The highest BCUT2D eigenvalue weighted by molar-refractivity contribution is 5.48. The van der Waals surface area contributed by atoms with Crippen LogP contribution in [0.2, 0.25) is 0 Å². The van der Waals surface area contributed by atoms with Gasteiger partial charge in [-0.25, -0.2) is 0 Å². The van der Waals surface area contributed by atoms with Crippen LogP contribution in [0.3, 0.4) is 0 Å². The van der Waals surface area contributed by atoms with Crippen LogP contribution >= 0.6 is 0 Å². The molecule has 1 aromatic carbocycles. The molecule has 2 heteroatoms. The summed E-state index contributed by atoms with van der Waals surface area (Å²) in [5.74, 6) is 0.944. The maximum absolute atomic E-state index is 6.00. The molecule has 0 saturated carbocycles. The first-order chi connectivity index (χ1) is 8.10. The highest BCUT2D eigenvalue weighted by Crippen LogP contribution is 2.31. The van der Waals surface area contributed by atoms with Crippen molar-refractivity contribution in [2.45, 2.75) is 32.6 Å². The van der Waals surface area contributed by atoms with Gasteiger partial charge in [-0.1, -0.05) is 44.2 Å². The molecule has 1 aromatic rings. The van der Waals surface area contributed by atoms with E-state index in [1.54, 1.807) is 0 Å². The van der Waals surface area contributed by atoms with Gasteiger partial charge in [0.05, 0.1) is 0 Å². The van der Waals surface area contributed by atoms with E-state index in [1.807, 2.05) is 18.2 Å². The van der Waals surface area contributed by atoms with E-state index in [2.05, 4.69) is 26.5 Å². The van der Waals surface area contributed by atoms with Crippen LogP contribution in [0.5, 0.6) is 0 Å². The third kappa shape index (κ3) is 3.60. The van der Waals surface area contributed by atoms with Crippen molar-refractivity contribution in [1.29, 1.82) is 0 Å². The molecule has 0 amide bonds. The van der Waals surface area contributed by atoms with E-state index in [9.17, 15) is 0 Å². The number of nitrogens with two attached hydrogens (primary N) is 2. The van der Waals surface area contributed by atoms with Gasteiger partial charge in [0.25, 0.3) is 0 Å². The molecule has 1 rings (SSSR count). The van der Waals surface area contributed by atoms with Gasteiger partial charge in [-0.3, -0.25) is 0 Å². The van der Waals surface area contributed by atoms with Crippen molar-refractivity contribution in [2.75, 3.05) is 12.3 Å². The summed E-state index contributed by atoms with van der Waals surface area (Å²) >= 11 is 0. The average molecular weight is 232 g/mol. The van der Waals surface area contributed by atoms with Crippen molar-refractivity contribution in [3.63, 3.8) is 0 Å². The quantitative estimate of drug-likeness (QED) is 0.584. The average Bonchev–Trinajstić information content (AvgIpc) is 2.35. The number of benzene rings is 1. The van der Waals surface area contributed by atoms with Gasteiger partial charge in [0.1, 0.15) is 0 Å². The van der Waals surface area contributed by atoms with E-state index in [4.69, 9.17) is 11.5 Å². The van der Waals surface area contributed by atoms with Crippen molar-refractivity contribution in [3.05, 3.63) is 42.0 Å². The Morgan fingerprint density at radius 3 is 2.53 bits per heavy atom. The van der Waals surface area contributed by atoms with Gasteiger partial charge in [-0.05, 0) is 36.3 Å². The van der Waals surface area contributed by atoms with Crippen LogP contribution in [0, 0.1) is 5.92 Å². The Labute approximate surface area is 105 Å². The molecule has 2 nitrogen and oxygen atoms in total. The molecule has 0 saturated heterocycles. The van der Waals surface area contributed by atoms with Crippen LogP contribution < -0.4 is 11.5 Å². The molecule has 0 fully saturated rings. The molecule has 0 aliphatic carbocycles. The van der Waals surface area contributed by atoms with E-state index in [1.165, 1.54) is 5.56 Å². The summed E-state index contributed by atoms with van der Waals surface area (Å²) in [4.78, 5) is 0. The minimum Gasteiger partial charge on any atom is -0.398 e. The minimum absolute atomic E-state index is 0.449. The first kappa shape index (κ1) is 13.8. The van der Waals surface area contributed by atoms with E-state index in [-0.39, 0.29) is 0 Å². The van der Waals surface area contributed by atoms with Gasteiger partial charge in [0.15, 0.2) is 0 Å². The van der Waals surface area contributed by atoms with Crippen LogP contribution in [0.4, 0.5) is 5.69 Å². The van der Waals surface area contributed by atoms with Crippen LogP contribution in [-0.4, -0.2) is 6.54 Å². The van der Waals surface area contributed by atoms with Gasteiger partial charge in [-0.15, -0.1) is 0 Å². The van der Waals surface area contributed by atoms with Crippen molar-refractivity contribution >= 4 is 5.69 Å². The fourth-order valence-electron chi connectivity index (χ4n) is 2.30. The van der Waals surface area contributed by atoms with Crippen LogP contribution in [-0.2, 0) is 0 Å². The Bertz CT molecular complexity index is 371. The lowest BCUT2D eigenvalue weighted by Gasteiger charge is -2.22. The Morgan fingerprint density at radius 2 is 2.00 bits per heavy atom. The molecular weight excluding hydrogens is 208 g/mol. The van der Waals surface area contributed by atoms with Crippen LogP contribution in [0.15, 0.2) is 36.4 Å². The topological polar surface area (TPSA) is 52.0 Å². The number of anilines is 1. The molecule has 2 atom stereocenters. The highest BCUT2D eigenvalue weighted by atomic mass is 14.6. The first-order valence-corrected chi connectivity index (χ1v) is 6.32. The standard InChI is InChI=1S/C15H24N2/c1-4-13(12(3)10-16)9-11(2)14-7-5-6-8-15(14)17/h5-8,11,13H,3-4,9-10,16-17H2,1-2H3. The van der Waals surface area contributed by atoms with Gasteiger partial charge in [0.2, 0.25) is 0 Å². The third-order valence-corrected chi connectivity index (χ3v) is 3.50. The molecule has 4 N–H and O–H groups in total. The van der Waals surface area contributed by atoms with Gasteiger partial charge >= 0.3 is 0 Å². The van der Waals surface area contributed by atoms with Crippen molar-refractivity contribution in [3.8, 4) is 0 Å². The normalized spacial score (nSPS) is 14.3. The van der Waals surface area contributed by atoms with Crippen molar-refractivity contribution < 1.29 is 0 Å². The maximum atomic E-state index is 6.00. The monoisotopic (exact) mass is 232 g/mol. The van der Waals surface area contributed by atoms with Gasteiger partial charge in [0, 0.05) is 12.2 Å². The predicted octanol–water partition coefficient (Wildman–Crippen LogP) is 3.30. The molecule has 2 unspecified atom stereocenters. The van der Waals surface area contributed by atoms with Crippen LogP contribution in [0.25, 0.3) is 0 Å². The second-order valence-electron chi connectivity index (χ2n) is 4.73. The van der Waals surface area contributed by atoms with Crippen molar-refractivity contribution in [2.24, 2.45) is 11.7 Å². The summed E-state index contributed by atoms with van der Waals surface area (Å²) in [6, 6.07) is 8.09. The van der Waals surface area contributed by atoms with E-state index in [0.29, 0.717) is 18.4 Å². The predicted molar refractivity (Wildman–Crippen MR) is 75.9 cm³/mol. The Kier molecular flexibility index (Phi) is 5.23. The molecular formula is C15H24N2. The molecule has 0 aliphatic rings. The zero-order chi connectivity index (χ0) is 12.8. The number of hydrogen-bond donors (Lipinski definition) is 2. The number of para-hydroxylation sites is 1. The Balaban J connectivity index is 2.74. The minimum atomic E-state index is 0.449. The number of hydrogen-bond acceptors (Lipinski definition) is 2. The lowest BCUT2D eigenvalue weighted by molar-refractivity contribution is 0.490. The van der Waals surface area contributed by atoms with Gasteiger partial charge < -0.3 is 11.5 Å². The summed E-state index contributed by atoms with van der Waals surface area (Å²) in [6.07, 6.45) is 2.16. The van der Waals surface area contributed by atoms with E-state index < -0.39 is 0 Å². The zero-order valence-electron chi connectivity index (χ0n) is 10.9. The lowest BCUT2D eigenvalue weighted by atomic mass is 9.84. The summed E-state index contributed by atoms with van der Waals surface area (Å²) in [7, 11) is 0. The molecule has 17 heavy (non-hydrogen) atoms. The first-order valence-electron chi connectivity index (χ1n) is 6.32.